The van der Waals surface area contributed by atoms with Crippen LogP contribution in [0.25, 0.3) is 10.6 Å². The van der Waals surface area contributed by atoms with Gasteiger partial charge in [-0.2, -0.15) is 0 Å². The van der Waals surface area contributed by atoms with Gasteiger partial charge in [-0.1, -0.05) is 0 Å². The molecule has 5 nitrogen and oxygen atoms in total. The number of rotatable bonds is 5. The van der Waals surface area contributed by atoms with E-state index in [1.165, 1.54) is 11.3 Å². The summed E-state index contributed by atoms with van der Waals surface area (Å²) in [6.45, 7) is 1.44. The van der Waals surface area contributed by atoms with Gasteiger partial charge in [0.1, 0.15) is 0 Å². The fourth-order valence-corrected chi connectivity index (χ4v) is 2.11. The molecule has 2 aromatic rings. The fraction of sp³-hybridized carbons (Fsp3) is 0.308. The number of aromatic nitrogens is 2. The van der Waals surface area contributed by atoms with Gasteiger partial charge in [0.2, 0.25) is 0 Å². The molecule has 100 valence electrons. The molecule has 1 amide bonds. The van der Waals surface area contributed by atoms with Crippen molar-refractivity contribution in [1.82, 2.24) is 20.2 Å². The van der Waals surface area contributed by atoms with E-state index in [9.17, 15) is 4.79 Å². The van der Waals surface area contributed by atoms with E-state index in [4.69, 9.17) is 0 Å². The Hall–Kier alpha value is -1.79. The average molecular weight is 276 g/mol. The topological polar surface area (TPSA) is 58.1 Å². The molecule has 0 saturated heterocycles. The van der Waals surface area contributed by atoms with E-state index in [0.717, 1.165) is 17.1 Å². The maximum Gasteiger partial charge on any atom is 0.252 e. The van der Waals surface area contributed by atoms with Crippen molar-refractivity contribution in [3.8, 4) is 10.6 Å². The van der Waals surface area contributed by atoms with E-state index < -0.39 is 0 Å². The van der Waals surface area contributed by atoms with E-state index in [0.29, 0.717) is 12.1 Å². The first-order chi connectivity index (χ1) is 9.16. The van der Waals surface area contributed by atoms with Crippen molar-refractivity contribution < 1.29 is 4.79 Å². The van der Waals surface area contributed by atoms with Crippen LogP contribution < -0.4 is 5.32 Å². The molecule has 0 fully saturated rings. The van der Waals surface area contributed by atoms with Gasteiger partial charge in [0.05, 0.1) is 21.6 Å². The van der Waals surface area contributed by atoms with Crippen molar-refractivity contribution in [3.05, 3.63) is 35.6 Å². The lowest BCUT2D eigenvalue weighted by Gasteiger charge is -2.10. The van der Waals surface area contributed by atoms with Crippen LogP contribution in [0, 0.1) is 0 Å². The number of thiazole rings is 1. The lowest BCUT2D eigenvalue weighted by Crippen LogP contribution is -2.31. The van der Waals surface area contributed by atoms with Gasteiger partial charge in [0, 0.05) is 25.5 Å². The Balaban J connectivity index is 1.96. The number of amides is 1. The molecular formula is C13H16N4OS. The molecule has 0 spiro atoms. The minimum Gasteiger partial charge on any atom is -0.351 e. The van der Waals surface area contributed by atoms with E-state index in [1.54, 1.807) is 24.0 Å². The molecule has 0 unspecified atom stereocenters. The molecule has 2 heterocycles. The van der Waals surface area contributed by atoms with Gasteiger partial charge >= 0.3 is 0 Å². The van der Waals surface area contributed by atoms with Crippen molar-refractivity contribution in [2.24, 2.45) is 0 Å². The van der Waals surface area contributed by atoms with E-state index in [2.05, 4.69) is 15.3 Å². The van der Waals surface area contributed by atoms with Crippen molar-refractivity contribution in [2.45, 2.75) is 0 Å². The molecule has 0 aliphatic heterocycles. The number of likely N-dealkylation sites (N-methyl/N-ethyl adjacent to an activating group) is 1. The minimum atomic E-state index is -0.0924. The summed E-state index contributed by atoms with van der Waals surface area (Å²) < 4.78 is 0. The first-order valence-electron chi connectivity index (χ1n) is 5.94. The van der Waals surface area contributed by atoms with Gasteiger partial charge in [-0.3, -0.25) is 14.8 Å². The normalized spacial score (nSPS) is 10.7. The van der Waals surface area contributed by atoms with Crippen molar-refractivity contribution in [2.75, 3.05) is 27.2 Å². The second-order valence-electron chi connectivity index (χ2n) is 4.36. The molecule has 0 saturated carbocycles. The van der Waals surface area contributed by atoms with Crippen molar-refractivity contribution in [3.63, 3.8) is 0 Å². The van der Waals surface area contributed by atoms with Gasteiger partial charge in [-0.25, -0.2) is 0 Å². The van der Waals surface area contributed by atoms with Gasteiger partial charge < -0.3 is 10.2 Å². The van der Waals surface area contributed by atoms with Crippen LogP contribution in [-0.4, -0.2) is 48.0 Å². The minimum absolute atomic E-state index is 0.0924. The molecule has 19 heavy (non-hydrogen) atoms. The summed E-state index contributed by atoms with van der Waals surface area (Å²) in [5.74, 6) is -0.0924. The highest BCUT2D eigenvalue weighted by Gasteiger charge is 2.07. The van der Waals surface area contributed by atoms with Crippen LogP contribution in [0.2, 0.25) is 0 Å². The first kappa shape index (κ1) is 13.6. The molecule has 1 N–H and O–H groups in total. The Morgan fingerprint density at radius 3 is 2.79 bits per heavy atom. The fourth-order valence-electron chi connectivity index (χ4n) is 1.51. The zero-order valence-corrected chi connectivity index (χ0v) is 11.8. The van der Waals surface area contributed by atoms with Crippen LogP contribution in [0.4, 0.5) is 0 Å². The van der Waals surface area contributed by atoms with Crippen LogP contribution in [0.15, 0.2) is 30.0 Å². The standard InChI is InChI=1S/C13H16N4OS/c1-17(2)6-5-15-13(18)10-3-4-11(16-7-10)12-8-14-9-19-12/h3-4,7-9H,5-6H2,1-2H3,(H,15,18). The van der Waals surface area contributed by atoms with Crippen molar-refractivity contribution >= 4 is 17.2 Å². The lowest BCUT2D eigenvalue weighted by atomic mass is 10.2. The molecule has 0 aliphatic rings. The molecule has 0 bridgehead atoms. The number of carbonyl (C=O) groups excluding carboxylic acids is 1. The molecular weight excluding hydrogens is 260 g/mol. The Labute approximate surface area is 116 Å². The molecule has 0 aromatic carbocycles. The zero-order valence-electron chi connectivity index (χ0n) is 11.0. The van der Waals surface area contributed by atoms with Gasteiger partial charge in [0.25, 0.3) is 5.91 Å². The maximum atomic E-state index is 11.8. The largest absolute Gasteiger partial charge is 0.351 e. The second-order valence-corrected chi connectivity index (χ2v) is 5.24. The smallest absolute Gasteiger partial charge is 0.252 e. The third-order valence-corrected chi connectivity index (χ3v) is 3.35. The summed E-state index contributed by atoms with van der Waals surface area (Å²) in [4.78, 5) is 23.2. The Morgan fingerprint density at radius 1 is 1.37 bits per heavy atom. The van der Waals surface area contributed by atoms with E-state index in [-0.39, 0.29) is 5.91 Å². The predicted octanol–water partition coefficient (Wildman–Crippen LogP) is 1.50. The third kappa shape index (κ3) is 3.84. The summed E-state index contributed by atoms with van der Waals surface area (Å²) in [5, 5.41) is 2.85. The number of nitrogens with one attached hydrogen (secondary N) is 1. The van der Waals surface area contributed by atoms with Gasteiger partial charge in [0.15, 0.2) is 0 Å². The Bertz CT molecular complexity index is 522. The summed E-state index contributed by atoms with van der Waals surface area (Å²) in [6.07, 6.45) is 3.36. The van der Waals surface area contributed by atoms with E-state index in [1.807, 2.05) is 25.1 Å². The van der Waals surface area contributed by atoms with Crippen LogP contribution in [0.1, 0.15) is 10.4 Å². The predicted molar refractivity (Wildman–Crippen MR) is 76.2 cm³/mol. The van der Waals surface area contributed by atoms with Crippen molar-refractivity contribution in [1.29, 1.82) is 0 Å². The van der Waals surface area contributed by atoms with Crippen LogP contribution >= 0.6 is 11.3 Å². The molecule has 0 aliphatic carbocycles. The average Bonchev–Trinajstić information content (AvgIpc) is 2.92. The number of carbonyl (C=O) groups is 1. The maximum absolute atomic E-state index is 11.8. The Kier molecular flexibility index (Phi) is 4.59. The summed E-state index contributed by atoms with van der Waals surface area (Å²) in [7, 11) is 3.94. The number of pyridine rings is 1. The molecule has 6 heteroatoms. The SMILES string of the molecule is CN(C)CCNC(=O)c1ccc(-c2cncs2)nc1. The summed E-state index contributed by atoms with van der Waals surface area (Å²) >= 11 is 1.53. The monoisotopic (exact) mass is 276 g/mol. The summed E-state index contributed by atoms with van der Waals surface area (Å²) in [5.41, 5.74) is 3.18. The number of hydrogen-bond donors (Lipinski definition) is 1. The zero-order chi connectivity index (χ0) is 13.7. The Morgan fingerprint density at radius 2 is 2.21 bits per heavy atom. The summed E-state index contributed by atoms with van der Waals surface area (Å²) in [6, 6.07) is 3.63. The highest BCUT2D eigenvalue weighted by Crippen LogP contribution is 2.20. The molecule has 2 aromatic heterocycles. The first-order valence-corrected chi connectivity index (χ1v) is 6.82. The molecule has 2 rings (SSSR count). The van der Waals surface area contributed by atoms with Crippen LogP contribution in [-0.2, 0) is 0 Å². The van der Waals surface area contributed by atoms with Gasteiger partial charge in [-0.15, -0.1) is 11.3 Å². The number of nitrogens with zero attached hydrogens (tertiary/aromatic N) is 3. The van der Waals surface area contributed by atoms with Crippen LogP contribution in [0.5, 0.6) is 0 Å². The van der Waals surface area contributed by atoms with Crippen LogP contribution in [0.3, 0.4) is 0 Å². The number of hydrogen-bond acceptors (Lipinski definition) is 5. The third-order valence-electron chi connectivity index (χ3n) is 2.56. The van der Waals surface area contributed by atoms with Gasteiger partial charge in [-0.05, 0) is 26.2 Å². The highest BCUT2D eigenvalue weighted by molar-refractivity contribution is 7.13. The quantitative estimate of drug-likeness (QED) is 0.899. The molecule has 0 atom stereocenters. The lowest BCUT2D eigenvalue weighted by molar-refractivity contribution is 0.0950. The molecule has 0 radical (unpaired) electrons. The van der Waals surface area contributed by atoms with E-state index >= 15 is 0 Å². The second kappa shape index (κ2) is 6.40. The highest BCUT2D eigenvalue weighted by atomic mass is 32.1.